The molecule has 1 aliphatic heterocycles. The van der Waals surface area contributed by atoms with Crippen LogP contribution in [0.3, 0.4) is 0 Å². The molecule has 132 valence electrons. The summed E-state index contributed by atoms with van der Waals surface area (Å²) in [4.78, 5) is 11.7. The van der Waals surface area contributed by atoms with Crippen molar-refractivity contribution >= 4 is 12.0 Å². The van der Waals surface area contributed by atoms with Crippen LogP contribution in [0.15, 0.2) is 23.8 Å². The van der Waals surface area contributed by atoms with Crippen molar-refractivity contribution < 1.29 is 19.7 Å². The number of allylic oxidation sites excluding steroid dienone is 1. The van der Waals surface area contributed by atoms with E-state index in [1.54, 1.807) is 12.1 Å². The van der Waals surface area contributed by atoms with Crippen molar-refractivity contribution in [2.45, 2.75) is 46.8 Å². The molecule has 0 spiro atoms. The fourth-order valence-electron chi connectivity index (χ4n) is 3.27. The van der Waals surface area contributed by atoms with Crippen LogP contribution in [0.5, 0.6) is 11.5 Å². The van der Waals surface area contributed by atoms with Gasteiger partial charge in [0.2, 0.25) is 0 Å². The number of carboxylic acids is 1. The van der Waals surface area contributed by atoms with Gasteiger partial charge in [0.1, 0.15) is 0 Å². The summed E-state index contributed by atoms with van der Waals surface area (Å²) in [6.07, 6.45) is 2.58. The fraction of sp³-hybridized carbons (Fsp3) is 0.350. The molecule has 2 heterocycles. The second-order valence-electron chi connectivity index (χ2n) is 6.90. The third-order valence-corrected chi connectivity index (χ3v) is 4.22. The molecule has 0 saturated heterocycles. The molecule has 0 amide bonds. The van der Waals surface area contributed by atoms with Gasteiger partial charge in [-0.2, -0.15) is 0 Å². The molecule has 5 nitrogen and oxygen atoms in total. The van der Waals surface area contributed by atoms with E-state index < -0.39 is 5.97 Å². The van der Waals surface area contributed by atoms with E-state index in [9.17, 15) is 15.0 Å². The van der Waals surface area contributed by atoms with Crippen LogP contribution in [0.4, 0.5) is 0 Å². The molecular weight excluding hydrogens is 318 g/mol. The van der Waals surface area contributed by atoms with Crippen molar-refractivity contribution in [2.75, 3.05) is 0 Å². The summed E-state index contributed by atoms with van der Waals surface area (Å²) in [5.41, 5.74) is 4.81. The highest BCUT2D eigenvalue weighted by atomic mass is 16.5. The molecule has 3 rings (SSSR count). The van der Waals surface area contributed by atoms with Gasteiger partial charge in [-0.15, -0.1) is 0 Å². The molecule has 1 aromatic heterocycles. The van der Waals surface area contributed by atoms with Crippen molar-refractivity contribution in [2.24, 2.45) is 0 Å². The van der Waals surface area contributed by atoms with Crippen LogP contribution < -0.4 is 4.74 Å². The molecule has 0 aliphatic carbocycles. The van der Waals surface area contributed by atoms with Gasteiger partial charge in [-0.3, -0.25) is 0 Å². The molecule has 1 aromatic carbocycles. The van der Waals surface area contributed by atoms with Crippen LogP contribution in [0.2, 0.25) is 0 Å². The quantitative estimate of drug-likeness (QED) is 0.868. The summed E-state index contributed by atoms with van der Waals surface area (Å²) < 4.78 is 7.72. The lowest BCUT2D eigenvalue weighted by molar-refractivity contribution is 0.0696. The van der Waals surface area contributed by atoms with Gasteiger partial charge in [-0.25, -0.2) is 4.79 Å². The Morgan fingerprint density at radius 2 is 2.00 bits per heavy atom. The van der Waals surface area contributed by atoms with Crippen LogP contribution in [0, 0.1) is 0 Å². The number of aromatic nitrogens is 1. The van der Waals surface area contributed by atoms with E-state index in [1.165, 1.54) is 0 Å². The first-order valence-corrected chi connectivity index (χ1v) is 8.42. The smallest absolute Gasteiger partial charge is 0.337 e. The largest absolute Gasteiger partial charge is 0.504 e. The van der Waals surface area contributed by atoms with E-state index >= 15 is 0 Å². The van der Waals surface area contributed by atoms with Gasteiger partial charge in [-0.05, 0) is 64.0 Å². The van der Waals surface area contributed by atoms with Crippen LogP contribution >= 0.6 is 0 Å². The number of benzene rings is 1. The van der Waals surface area contributed by atoms with Crippen molar-refractivity contribution in [3.8, 4) is 22.8 Å². The third-order valence-electron chi connectivity index (χ3n) is 4.22. The van der Waals surface area contributed by atoms with E-state index in [0.29, 0.717) is 23.6 Å². The zero-order chi connectivity index (χ0) is 18.3. The van der Waals surface area contributed by atoms with Gasteiger partial charge in [0.25, 0.3) is 0 Å². The van der Waals surface area contributed by atoms with E-state index in [4.69, 9.17) is 4.74 Å². The molecule has 5 heteroatoms. The molecule has 0 radical (unpaired) electrons. The topological polar surface area (TPSA) is 71.7 Å². The maximum Gasteiger partial charge on any atom is 0.337 e. The van der Waals surface area contributed by atoms with Crippen LogP contribution in [0.1, 0.15) is 49.3 Å². The minimum Gasteiger partial charge on any atom is -0.504 e. The maximum atomic E-state index is 11.7. The Kier molecular flexibility index (Phi) is 4.33. The van der Waals surface area contributed by atoms with Crippen molar-refractivity contribution in [3.05, 3.63) is 40.6 Å². The molecule has 0 fully saturated rings. The number of hydrogen-bond acceptors (Lipinski definition) is 3. The molecule has 2 N–H and O–H groups in total. The normalized spacial score (nSPS) is 12.5. The number of aryl methyl sites for hydroxylation is 1. The van der Waals surface area contributed by atoms with E-state index in [0.717, 1.165) is 28.8 Å². The lowest BCUT2D eigenvalue weighted by Crippen LogP contribution is -2.13. The Morgan fingerprint density at radius 3 is 2.60 bits per heavy atom. The first kappa shape index (κ1) is 17.1. The molecule has 0 unspecified atom stereocenters. The number of carbonyl (C=O) groups is 1. The van der Waals surface area contributed by atoms with Crippen LogP contribution in [-0.4, -0.2) is 26.9 Å². The van der Waals surface area contributed by atoms with Crippen molar-refractivity contribution in [1.29, 1.82) is 0 Å². The number of nitrogens with zero attached hydrogens (tertiary/aromatic N) is 1. The van der Waals surface area contributed by atoms with Gasteiger partial charge < -0.3 is 19.5 Å². The lowest BCUT2D eigenvalue weighted by atomic mass is 9.97. The predicted molar refractivity (Wildman–Crippen MR) is 97.3 cm³/mol. The van der Waals surface area contributed by atoms with E-state index in [-0.39, 0.29) is 11.9 Å². The predicted octanol–water partition coefficient (Wildman–Crippen LogP) is 4.33. The molecule has 0 bridgehead atoms. The Hall–Kier alpha value is -2.69. The minimum atomic E-state index is -0.937. The number of hydrogen-bond donors (Lipinski definition) is 2. The Balaban J connectivity index is 2.21. The zero-order valence-electron chi connectivity index (χ0n) is 15.0. The standard InChI is InChI=1S/C20H23NO4/c1-11(2)7-16-15(20(23)24)9-17-14-10-19(25-12(3)4)18(22)8-13(14)5-6-21(16)17/h7-10,12,22H,5-6H2,1-4H3,(H,23,24). The highest BCUT2D eigenvalue weighted by Crippen LogP contribution is 2.40. The number of ether oxygens (including phenoxy) is 1. The summed E-state index contributed by atoms with van der Waals surface area (Å²) >= 11 is 0. The molecule has 0 saturated carbocycles. The van der Waals surface area contributed by atoms with Gasteiger partial charge in [0.15, 0.2) is 11.5 Å². The molecular formula is C20H23NO4. The number of aromatic carboxylic acids is 1. The highest BCUT2D eigenvalue weighted by Gasteiger charge is 2.25. The number of rotatable bonds is 4. The summed E-state index contributed by atoms with van der Waals surface area (Å²) in [6, 6.07) is 5.25. The number of aromatic hydroxyl groups is 1. The lowest BCUT2D eigenvalue weighted by Gasteiger charge is -2.23. The summed E-state index contributed by atoms with van der Waals surface area (Å²) in [5, 5.41) is 19.8. The second-order valence-corrected chi connectivity index (χ2v) is 6.90. The van der Waals surface area contributed by atoms with Crippen LogP contribution in [-0.2, 0) is 13.0 Å². The third kappa shape index (κ3) is 3.14. The molecule has 2 aromatic rings. The first-order valence-electron chi connectivity index (χ1n) is 8.42. The van der Waals surface area contributed by atoms with Gasteiger partial charge in [0, 0.05) is 17.8 Å². The van der Waals surface area contributed by atoms with Gasteiger partial charge >= 0.3 is 5.97 Å². The number of fused-ring (bicyclic) bond motifs is 3. The molecule has 0 atom stereocenters. The monoisotopic (exact) mass is 341 g/mol. The number of phenolic OH excluding ortho intramolecular Hbond substituents is 1. The maximum absolute atomic E-state index is 11.7. The van der Waals surface area contributed by atoms with Gasteiger partial charge in [-0.1, -0.05) is 5.57 Å². The number of carboxylic acid groups (broad SMARTS) is 1. The van der Waals surface area contributed by atoms with Crippen molar-refractivity contribution in [3.63, 3.8) is 0 Å². The zero-order valence-corrected chi connectivity index (χ0v) is 15.0. The summed E-state index contributed by atoms with van der Waals surface area (Å²) in [6.45, 7) is 8.39. The SMILES string of the molecule is CC(C)=Cc1c(C(=O)O)cc2n1CCc1cc(O)c(OC(C)C)cc1-2. The van der Waals surface area contributed by atoms with E-state index in [1.807, 2.05) is 44.4 Å². The fourth-order valence-corrected chi connectivity index (χ4v) is 3.27. The average molecular weight is 341 g/mol. The Labute approximate surface area is 147 Å². The van der Waals surface area contributed by atoms with Gasteiger partial charge in [0.05, 0.1) is 17.4 Å². The van der Waals surface area contributed by atoms with Crippen molar-refractivity contribution in [1.82, 2.24) is 4.57 Å². The first-order chi connectivity index (χ1) is 11.8. The average Bonchev–Trinajstić information content (AvgIpc) is 2.86. The highest BCUT2D eigenvalue weighted by molar-refractivity contribution is 5.94. The Bertz CT molecular complexity index is 870. The minimum absolute atomic E-state index is 0.0601. The molecule has 1 aliphatic rings. The molecule has 25 heavy (non-hydrogen) atoms. The van der Waals surface area contributed by atoms with Crippen LogP contribution in [0.25, 0.3) is 17.3 Å². The second kappa shape index (κ2) is 6.31. The number of phenols is 1. The Morgan fingerprint density at radius 1 is 1.28 bits per heavy atom. The van der Waals surface area contributed by atoms with E-state index in [2.05, 4.69) is 0 Å². The summed E-state index contributed by atoms with van der Waals surface area (Å²) in [7, 11) is 0. The summed E-state index contributed by atoms with van der Waals surface area (Å²) in [5.74, 6) is -0.396.